The van der Waals surface area contributed by atoms with Crippen LogP contribution in [-0.4, -0.2) is 35.2 Å². The Hall–Kier alpha value is -2.40. The monoisotopic (exact) mass is 357 g/mol. The first-order valence-corrected chi connectivity index (χ1v) is 9.02. The van der Waals surface area contributed by atoms with E-state index in [1.165, 1.54) is 12.1 Å². The summed E-state index contributed by atoms with van der Waals surface area (Å²) >= 11 is 0. The van der Waals surface area contributed by atoms with Gasteiger partial charge in [-0.25, -0.2) is 4.39 Å². The molecule has 26 heavy (non-hydrogen) atoms. The molecule has 1 aliphatic heterocycles. The first kappa shape index (κ1) is 18.4. The van der Waals surface area contributed by atoms with Crippen LogP contribution in [0, 0.1) is 5.82 Å². The second-order valence-corrected chi connectivity index (χ2v) is 6.66. The van der Waals surface area contributed by atoms with Crippen molar-refractivity contribution in [3.63, 3.8) is 0 Å². The Bertz CT molecular complexity index is 726. The van der Waals surface area contributed by atoms with E-state index in [9.17, 15) is 14.3 Å². The molecule has 0 aliphatic carbocycles. The fraction of sp³-hybridized carbons (Fsp3) is 0.381. The number of rotatable bonds is 7. The van der Waals surface area contributed by atoms with Crippen LogP contribution in [-0.2, 0) is 22.5 Å². The van der Waals surface area contributed by atoms with Gasteiger partial charge in [-0.15, -0.1) is 0 Å². The van der Waals surface area contributed by atoms with Crippen molar-refractivity contribution in [1.82, 2.24) is 4.90 Å². The highest BCUT2D eigenvalue weighted by Crippen LogP contribution is 2.20. The molecule has 1 saturated heterocycles. The molecule has 4 nitrogen and oxygen atoms in total. The van der Waals surface area contributed by atoms with Crippen molar-refractivity contribution in [3.05, 3.63) is 65.5 Å². The number of phenols is 1. The van der Waals surface area contributed by atoms with Crippen LogP contribution in [0.5, 0.6) is 5.75 Å². The van der Waals surface area contributed by atoms with Gasteiger partial charge in [0, 0.05) is 26.1 Å². The third-order valence-electron chi connectivity index (χ3n) is 4.69. The van der Waals surface area contributed by atoms with Crippen molar-refractivity contribution in [2.75, 3.05) is 13.2 Å². The predicted octanol–water partition coefficient (Wildman–Crippen LogP) is 3.67. The number of ether oxygens (including phenoxy) is 1. The lowest BCUT2D eigenvalue weighted by atomic mass is 10.1. The molecule has 0 aromatic heterocycles. The molecule has 0 radical (unpaired) electrons. The zero-order valence-electron chi connectivity index (χ0n) is 14.7. The van der Waals surface area contributed by atoms with Crippen LogP contribution in [0.25, 0.3) is 0 Å². The molecule has 0 bridgehead atoms. The van der Waals surface area contributed by atoms with Crippen LogP contribution < -0.4 is 0 Å². The third-order valence-corrected chi connectivity index (χ3v) is 4.69. The molecular weight excluding hydrogens is 333 g/mol. The van der Waals surface area contributed by atoms with Gasteiger partial charge in [0.25, 0.3) is 0 Å². The van der Waals surface area contributed by atoms with E-state index >= 15 is 0 Å². The second kappa shape index (κ2) is 8.81. The Balaban J connectivity index is 1.65. The fourth-order valence-corrected chi connectivity index (χ4v) is 3.22. The first-order valence-electron chi connectivity index (χ1n) is 9.02. The van der Waals surface area contributed by atoms with Gasteiger partial charge in [-0.05, 0) is 48.6 Å². The second-order valence-electron chi connectivity index (χ2n) is 6.66. The minimum Gasteiger partial charge on any atom is -0.508 e. The zero-order valence-corrected chi connectivity index (χ0v) is 14.7. The topological polar surface area (TPSA) is 49.8 Å². The fourth-order valence-electron chi connectivity index (χ4n) is 3.22. The number of benzene rings is 2. The molecule has 1 aliphatic rings. The summed E-state index contributed by atoms with van der Waals surface area (Å²) < 4.78 is 18.8. The normalized spacial score (nSPS) is 16.6. The predicted molar refractivity (Wildman–Crippen MR) is 97.2 cm³/mol. The van der Waals surface area contributed by atoms with Crippen molar-refractivity contribution < 1.29 is 19.0 Å². The molecule has 1 heterocycles. The van der Waals surface area contributed by atoms with E-state index in [0.29, 0.717) is 25.9 Å². The molecule has 1 fully saturated rings. The van der Waals surface area contributed by atoms with Gasteiger partial charge in [-0.1, -0.05) is 30.3 Å². The van der Waals surface area contributed by atoms with E-state index in [2.05, 4.69) is 0 Å². The number of carbonyl (C=O) groups is 1. The maximum absolute atomic E-state index is 13.1. The SMILES string of the molecule is O=C(CCc1ccccc1O)N(Cc1ccc(F)cc1)C[C@H]1CCCO1. The number of aryl methyl sites for hydroxylation is 1. The molecule has 2 aromatic carbocycles. The quantitative estimate of drug-likeness (QED) is 0.822. The number of nitrogens with zero attached hydrogens (tertiary/aromatic N) is 1. The first-order chi connectivity index (χ1) is 12.6. The number of para-hydroxylation sites is 1. The van der Waals surface area contributed by atoms with Crippen molar-refractivity contribution in [2.24, 2.45) is 0 Å². The highest BCUT2D eigenvalue weighted by Gasteiger charge is 2.23. The summed E-state index contributed by atoms with van der Waals surface area (Å²) in [7, 11) is 0. The van der Waals surface area contributed by atoms with Gasteiger partial charge in [0.05, 0.1) is 6.10 Å². The summed E-state index contributed by atoms with van der Waals surface area (Å²) in [6, 6.07) is 13.3. The summed E-state index contributed by atoms with van der Waals surface area (Å²) in [4.78, 5) is 14.6. The smallest absolute Gasteiger partial charge is 0.223 e. The third kappa shape index (κ3) is 5.05. The average molecular weight is 357 g/mol. The van der Waals surface area contributed by atoms with E-state index in [1.807, 2.05) is 12.1 Å². The van der Waals surface area contributed by atoms with E-state index in [4.69, 9.17) is 4.74 Å². The van der Waals surface area contributed by atoms with Crippen molar-refractivity contribution in [3.8, 4) is 5.75 Å². The average Bonchev–Trinajstić information content (AvgIpc) is 3.15. The van der Waals surface area contributed by atoms with Gasteiger partial charge < -0.3 is 14.7 Å². The Labute approximate surface area is 153 Å². The van der Waals surface area contributed by atoms with E-state index in [-0.39, 0.29) is 23.6 Å². The molecule has 1 atom stereocenters. The van der Waals surface area contributed by atoms with Gasteiger partial charge in [-0.3, -0.25) is 4.79 Å². The van der Waals surface area contributed by atoms with Gasteiger partial charge >= 0.3 is 0 Å². The maximum atomic E-state index is 13.1. The van der Waals surface area contributed by atoms with Crippen molar-refractivity contribution in [2.45, 2.75) is 38.3 Å². The van der Waals surface area contributed by atoms with Crippen LogP contribution in [0.15, 0.2) is 48.5 Å². The summed E-state index contributed by atoms with van der Waals surface area (Å²) in [5.74, 6) is -0.0668. The van der Waals surface area contributed by atoms with Gasteiger partial charge in [0.1, 0.15) is 11.6 Å². The lowest BCUT2D eigenvalue weighted by molar-refractivity contribution is -0.133. The highest BCUT2D eigenvalue weighted by atomic mass is 19.1. The Morgan fingerprint density at radius 3 is 2.65 bits per heavy atom. The maximum Gasteiger partial charge on any atom is 0.223 e. The van der Waals surface area contributed by atoms with Gasteiger partial charge in [-0.2, -0.15) is 0 Å². The molecular formula is C21H24FNO3. The standard InChI is InChI=1S/C21H24FNO3/c22-18-10-7-16(8-11-18)14-23(15-19-5-3-13-26-19)21(25)12-9-17-4-1-2-6-20(17)24/h1-2,4,6-8,10-11,19,24H,3,5,9,12-15H2/t19-/m1/s1. The molecule has 0 saturated carbocycles. The van der Waals surface area contributed by atoms with E-state index in [0.717, 1.165) is 30.6 Å². The van der Waals surface area contributed by atoms with Crippen LogP contribution in [0.2, 0.25) is 0 Å². The van der Waals surface area contributed by atoms with Crippen LogP contribution in [0.3, 0.4) is 0 Å². The molecule has 2 aromatic rings. The van der Waals surface area contributed by atoms with Gasteiger partial charge in [0.2, 0.25) is 5.91 Å². The van der Waals surface area contributed by atoms with Crippen LogP contribution in [0.1, 0.15) is 30.4 Å². The van der Waals surface area contributed by atoms with Gasteiger partial charge in [0.15, 0.2) is 0 Å². The number of hydrogen-bond acceptors (Lipinski definition) is 3. The number of amides is 1. The lowest BCUT2D eigenvalue weighted by Gasteiger charge is -2.26. The molecule has 0 unspecified atom stereocenters. The zero-order chi connectivity index (χ0) is 18.4. The largest absolute Gasteiger partial charge is 0.508 e. The Kier molecular flexibility index (Phi) is 6.23. The number of carbonyl (C=O) groups excluding carboxylic acids is 1. The van der Waals surface area contributed by atoms with Crippen molar-refractivity contribution >= 4 is 5.91 Å². The van der Waals surface area contributed by atoms with E-state index < -0.39 is 0 Å². The summed E-state index contributed by atoms with van der Waals surface area (Å²) in [6.45, 7) is 1.71. The number of halogens is 1. The van der Waals surface area contributed by atoms with Crippen LogP contribution in [0.4, 0.5) is 4.39 Å². The molecule has 1 amide bonds. The van der Waals surface area contributed by atoms with E-state index in [1.54, 1.807) is 29.2 Å². The molecule has 138 valence electrons. The highest BCUT2D eigenvalue weighted by molar-refractivity contribution is 5.76. The van der Waals surface area contributed by atoms with Crippen LogP contribution >= 0.6 is 0 Å². The summed E-state index contributed by atoms with van der Waals surface area (Å²) in [6.07, 6.45) is 2.82. The lowest BCUT2D eigenvalue weighted by Crippen LogP contribution is -2.37. The summed E-state index contributed by atoms with van der Waals surface area (Å²) in [5.41, 5.74) is 1.65. The minimum absolute atomic E-state index is 0.00748. The summed E-state index contributed by atoms with van der Waals surface area (Å²) in [5, 5.41) is 9.87. The number of aromatic hydroxyl groups is 1. The Morgan fingerprint density at radius 2 is 1.96 bits per heavy atom. The molecule has 3 rings (SSSR count). The Morgan fingerprint density at radius 1 is 1.19 bits per heavy atom. The van der Waals surface area contributed by atoms with Crippen molar-refractivity contribution in [1.29, 1.82) is 0 Å². The molecule has 1 N–H and O–H groups in total. The minimum atomic E-state index is -0.287. The molecule has 5 heteroatoms. The molecule has 0 spiro atoms. The number of phenolic OH excluding ortho intramolecular Hbond substituents is 1. The number of hydrogen-bond donors (Lipinski definition) is 1.